The summed E-state index contributed by atoms with van der Waals surface area (Å²) in [5, 5.41) is 17.8. The van der Waals surface area contributed by atoms with Gasteiger partial charge in [0, 0.05) is 0 Å². The van der Waals surface area contributed by atoms with E-state index < -0.39 is 23.1 Å². The average Bonchev–Trinajstić information content (AvgIpc) is 1.98. The summed E-state index contributed by atoms with van der Waals surface area (Å²) in [6.45, 7) is 0. The molecule has 0 heterocycles. The highest BCUT2D eigenvalue weighted by molar-refractivity contribution is 6.42. The lowest BCUT2D eigenvalue weighted by Gasteiger charge is -2.04. The molecule has 0 aliphatic heterocycles. The second-order valence-electron chi connectivity index (χ2n) is 1.74. The Morgan fingerprint density at radius 1 is 1.17 bits per heavy atom. The summed E-state index contributed by atoms with van der Waals surface area (Å²) in [5.41, 5.74) is 0. The first-order valence-electron chi connectivity index (χ1n) is 2.73. The molecule has 0 amide bonds. The Labute approximate surface area is 72.3 Å². The molecule has 0 radical (unpaired) electrons. The molecule has 0 rings (SSSR count). The minimum Gasteiger partial charge on any atom is -0.548 e. The van der Waals surface area contributed by atoms with Crippen LogP contribution in [0.2, 0.25) is 0 Å². The first-order valence-corrected chi connectivity index (χ1v) is 3.16. The number of carbonyl (C=O) groups is 3. The molecule has 0 aromatic carbocycles. The summed E-state index contributed by atoms with van der Waals surface area (Å²) >= 11 is 4.97. The van der Waals surface area contributed by atoms with E-state index in [2.05, 4.69) is 0 Å². The van der Waals surface area contributed by atoms with Gasteiger partial charge in [0.25, 0.3) is 0 Å². The molecule has 12 heavy (non-hydrogen) atoms. The second kappa shape index (κ2) is 4.50. The van der Waals surface area contributed by atoms with Gasteiger partial charge in [0.2, 0.25) is 0 Å². The maximum absolute atomic E-state index is 10.6. The second-order valence-corrected chi connectivity index (χ2v) is 2.17. The lowest BCUT2D eigenvalue weighted by atomic mass is 10.2. The topological polar surface area (TPSA) is 97.3 Å². The molecular weight excluding hydrogens is 188 g/mol. The van der Waals surface area contributed by atoms with Crippen molar-refractivity contribution in [3.8, 4) is 0 Å². The van der Waals surface area contributed by atoms with Gasteiger partial charge in [0.15, 0.2) is 5.78 Å². The fraction of sp³-hybridized carbons (Fsp3) is 0.167. The van der Waals surface area contributed by atoms with Gasteiger partial charge in [0.1, 0.15) is 5.38 Å². The Balaban J connectivity index is 4.22. The van der Waals surface area contributed by atoms with Crippen LogP contribution in [0.25, 0.3) is 0 Å². The van der Waals surface area contributed by atoms with E-state index in [-0.39, 0.29) is 0 Å². The van der Waals surface area contributed by atoms with Crippen LogP contribution in [-0.2, 0) is 14.4 Å². The summed E-state index contributed by atoms with van der Waals surface area (Å²) in [4.78, 5) is 30.2. The number of hydrogen-bond donors (Lipinski definition) is 0. The molecule has 66 valence electrons. The van der Waals surface area contributed by atoms with Gasteiger partial charge in [-0.2, -0.15) is 0 Å². The zero-order chi connectivity index (χ0) is 9.72. The van der Waals surface area contributed by atoms with Crippen molar-refractivity contribution < 1.29 is 24.6 Å². The van der Waals surface area contributed by atoms with Gasteiger partial charge in [-0.15, -0.1) is 11.6 Å². The summed E-state index contributed by atoms with van der Waals surface area (Å²) in [5.74, 6) is -4.45. The summed E-state index contributed by atoms with van der Waals surface area (Å²) < 4.78 is 0. The smallest absolute Gasteiger partial charge is 0.179 e. The van der Waals surface area contributed by atoms with Crippen molar-refractivity contribution in [3.05, 3.63) is 12.2 Å². The maximum Gasteiger partial charge on any atom is 0.179 e. The Bertz CT molecular complexity index is 244. The number of carboxylic acid groups (broad SMARTS) is 2. The van der Waals surface area contributed by atoms with Gasteiger partial charge in [-0.3, -0.25) is 4.79 Å². The third-order valence-electron chi connectivity index (χ3n) is 0.840. The Hall–Kier alpha value is -1.36. The first kappa shape index (κ1) is 10.6. The zero-order valence-electron chi connectivity index (χ0n) is 5.65. The quantitative estimate of drug-likeness (QED) is 0.271. The molecule has 6 heteroatoms. The summed E-state index contributed by atoms with van der Waals surface area (Å²) in [6, 6.07) is 0. The number of allylic oxidation sites excluding steroid dienone is 1. The van der Waals surface area contributed by atoms with Crippen LogP contribution in [0.4, 0.5) is 0 Å². The van der Waals surface area contributed by atoms with Crippen molar-refractivity contribution in [1.82, 2.24) is 0 Å². The minimum absolute atomic E-state index is 0.390. The van der Waals surface area contributed by atoms with E-state index in [0.29, 0.717) is 12.2 Å². The van der Waals surface area contributed by atoms with Crippen molar-refractivity contribution in [1.29, 1.82) is 0 Å². The molecule has 1 unspecified atom stereocenters. The molecule has 0 saturated carbocycles. The van der Waals surface area contributed by atoms with Gasteiger partial charge in [-0.25, -0.2) is 0 Å². The Morgan fingerprint density at radius 3 is 2.00 bits per heavy atom. The molecule has 0 aliphatic rings. The van der Waals surface area contributed by atoms with Gasteiger partial charge in [-0.1, -0.05) is 0 Å². The number of hydrogen-bond acceptors (Lipinski definition) is 5. The molecule has 0 saturated heterocycles. The van der Waals surface area contributed by atoms with Crippen LogP contribution in [-0.4, -0.2) is 23.1 Å². The van der Waals surface area contributed by atoms with Crippen molar-refractivity contribution in [2.45, 2.75) is 5.38 Å². The van der Waals surface area contributed by atoms with Crippen molar-refractivity contribution in [3.63, 3.8) is 0 Å². The predicted octanol–water partition coefficient (Wildman–Crippen LogP) is -2.78. The standard InChI is InChI=1S/C6H5ClO5/c7-5(6(11)12)3(8)1-2-4(9)10/h1-2,5H,(H,9,10)(H,11,12)/p-2/b2-1-. The monoisotopic (exact) mass is 190 g/mol. The largest absolute Gasteiger partial charge is 0.548 e. The average molecular weight is 191 g/mol. The van der Waals surface area contributed by atoms with Crippen LogP contribution in [0.15, 0.2) is 12.2 Å². The number of alkyl halides is 1. The van der Waals surface area contributed by atoms with E-state index in [9.17, 15) is 24.6 Å². The molecule has 0 aromatic heterocycles. The molecule has 5 nitrogen and oxygen atoms in total. The van der Waals surface area contributed by atoms with Crippen LogP contribution in [0.1, 0.15) is 0 Å². The summed E-state index contributed by atoms with van der Waals surface area (Å²) in [6.07, 6.45) is 0.892. The number of aliphatic carboxylic acids is 2. The van der Waals surface area contributed by atoms with Crippen molar-refractivity contribution in [2.75, 3.05) is 0 Å². The van der Waals surface area contributed by atoms with Crippen LogP contribution in [0, 0.1) is 0 Å². The highest BCUT2D eigenvalue weighted by Crippen LogP contribution is 1.96. The lowest BCUT2D eigenvalue weighted by molar-refractivity contribution is -0.304. The maximum atomic E-state index is 10.6. The van der Waals surface area contributed by atoms with E-state index in [4.69, 9.17) is 11.6 Å². The van der Waals surface area contributed by atoms with Gasteiger partial charge >= 0.3 is 0 Å². The normalized spacial score (nSPS) is 12.8. The number of ketones is 1. The zero-order valence-corrected chi connectivity index (χ0v) is 6.41. The third kappa shape index (κ3) is 3.72. The van der Waals surface area contributed by atoms with Crippen molar-refractivity contribution in [2.24, 2.45) is 0 Å². The van der Waals surface area contributed by atoms with Crippen molar-refractivity contribution >= 4 is 29.3 Å². The van der Waals surface area contributed by atoms with E-state index >= 15 is 0 Å². The molecule has 0 N–H and O–H groups in total. The molecule has 0 bridgehead atoms. The fourth-order valence-electron chi connectivity index (χ4n) is 0.351. The van der Waals surface area contributed by atoms with Crippen LogP contribution in [0.3, 0.4) is 0 Å². The van der Waals surface area contributed by atoms with E-state index in [1.807, 2.05) is 0 Å². The first-order chi connectivity index (χ1) is 5.45. The molecule has 0 spiro atoms. The molecule has 0 aromatic rings. The third-order valence-corrected chi connectivity index (χ3v) is 1.23. The SMILES string of the molecule is O=C([O-])/C=C\C(=O)C(Cl)C(=O)[O-]. The number of halogens is 1. The van der Waals surface area contributed by atoms with Crippen LogP contribution < -0.4 is 10.2 Å². The van der Waals surface area contributed by atoms with E-state index in [1.165, 1.54) is 0 Å². The number of carbonyl (C=O) groups excluding carboxylic acids is 3. The fourth-order valence-corrected chi connectivity index (χ4v) is 0.424. The lowest BCUT2D eigenvalue weighted by Crippen LogP contribution is -2.36. The highest BCUT2D eigenvalue weighted by Gasteiger charge is 2.12. The van der Waals surface area contributed by atoms with Gasteiger partial charge in [-0.05, 0) is 12.2 Å². The Morgan fingerprint density at radius 2 is 1.67 bits per heavy atom. The molecule has 0 aliphatic carbocycles. The Kier molecular flexibility index (Phi) is 3.99. The van der Waals surface area contributed by atoms with Gasteiger partial charge in [0.05, 0.1) is 11.9 Å². The number of rotatable bonds is 4. The minimum atomic E-state index is -1.86. The number of carboxylic acids is 2. The van der Waals surface area contributed by atoms with Crippen LogP contribution in [0.5, 0.6) is 0 Å². The van der Waals surface area contributed by atoms with Crippen LogP contribution >= 0.6 is 11.6 Å². The van der Waals surface area contributed by atoms with E-state index in [0.717, 1.165) is 0 Å². The van der Waals surface area contributed by atoms with Gasteiger partial charge < -0.3 is 19.8 Å². The molecule has 0 fully saturated rings. The predicted molar refractivity (Wildman–Crippen MR) is 33.8 cm³/mol. The van der Waals surface area contributed by atoms with E-state index in [1.54, 1.807) is 0 Å². The molecule has 1 atom stereocenters. The molecular formula is C6H3ClO5-2. The highest BCUT2D eigenvalue weighted by atomic mass is 35.5. The summed E-state index contributed by atoms with van der Waals surface area (Å²) in [7, 11) is 0.